The Morgan fingerprint density at radius 2 is 0.927 bits per heavy atom. The molecule has 12 N–H and O–H groups in total. The highest BCUT2D eigenvalue weighted by atomic mass is 31.2. The molecular weight excluding hydrogens is 2020 g/mol. The predicted molar refractivity (Wildman–Crippen MR) is 530 cm³/mol. The summed E-state index contributed by atoms with van der Waals surface area (Å²) >= 11 is 0. The molecule has 8 aliphatic rings. The number of unbranched alkanes of at least 4 members (excludes halogenated alkanes) is 1. The normalized spacial score (nSPS) is 29.1. The second-order valence-electron chi connectivity index (χ2n) is 38.0. The molecule has 6 unspecified atom stereocenters. The largest absolute Gasteiger partial charge is 0.480 e. The highest BCUT2D eigenvalue weighted by Gasteiger charge is 2.50. The van der Waals surface area contributed by atoms with Gasteiger partial charge in [0.05, 0.1) is 67.5 Å². The molecule has 4 saturated heterocycles. The fourth-order valence-corrected chi connectivity index (χ4v) is 22.0. The van der Waals surface area contributed by atoms with Gasteiger partial charge in [0.15, 0.2) is 5.65 Å². The number of hydrogen-bond acceptors (Lipinski definition) is 35. The van der Waals surface area contributed by atoms with Gasteiger partial charge in [-0.05, 0) is 58.2 Å². The van der Waals surface area contributed by atoms with Crippen LogP contribution in [0.15, 0.2) is 85.4 Å². The molecule has 8 aliphatic heterocycles. The summed E-state index contributed by atoms with van der Waals surface area (Å²) in [6, 6.07) is 8.40. The number of carbonyl (C=O) groups is 5. The quantitative estimate of drug-likeness (QED) is 0.0533. The number of nitrogen functional groups attached to an aromatic ring is 2. The Hall–Kier alpha value is -11.3. The number of nitrogens with zero attached hydrogens (tertiary/aromatic N) is 12. The molecule has 0 radical (unpaired) electrons. The first-order chi connectivity index (χ1) is 72.1. The number of carboxylic acids is 1. The van der Waals surface area contributed by atoms with Gasteiger partial charge in [0, 0.05) is 94.3 Å². The fraction of sp³-hybridized carbons (Fsp3) is 0.598. The van der Waals surface area contributed by atoms with Crippen LogP contribution in [0.5, 0.6) is 0 Å². The van der Waals surface area contributed by atoms with E-state index in [1.165, 1.54) is 21.5 Å². The van der Waals surface area contributed by atoms with E-state index in [1.807, 2.05) is 6.92 Å². The number of rotatable bonds is 10. The zero-order valence-electron chi connectivity index (χ0n) is 83.2. The van der Waals surface area contributed by atoms with Crippen LogP contribution in [0.3, 0.4) is 0 Å². The molecule has 14 heterocycles. The highest BCUT2D eigenvalue weighted by molar-refractivity contribution is 7.48. The first-order valence-electron chi connectivity index (χ1n) is 50.3. The van der Waals surface area contributed by atoms with Crippen LogP contribution < -0.4 is 39.5 Å². The van der Waals surface area contributed by atoms with Crippen LogP contribution in [0.1, 0.15) is 227 Å². The van der Waals surface area contributed by atoms with Gasteiger partial charge in [0.1, 0.15) is 130 Å². The number of aliphatic carboxylic acids is 1. The first kappa shape index (κ1) is 113. The number of benzene rings is 1. The van der Waals surface area contributed by atoms with Crippen molar-refractivity contribution in [3.8, 4) is 47.4 Å². The predicted octanol–water partition coefficient (Wildman–Crippen LogP) is 6.27. The average Bonchev–Trinajstić information content (AvgIpc) is 1.61. The summed E-state index contributed by atoms with van der Waals surface area (Å²) in [6.07, 6.45) is -3.48. The standard InChI is InChI=1S/C97H126N17O33P3/c1-4-5-37-111-78(116)36-35-64-46-69-45-63-30-22-17-15-13-11-9-7-6-8-10-12-14-16-18-23-40-133-57-75-71(48-81(142-75)108-53-66(85-88(108)102-95(99)103-91(85)121)32-25-43-137-114(92(63)122)56-83(117)118)145-149(129,130)139-59-76-72(49-80(143-76)107-52-65(84-86(98)100-61-101-87(84)107)31-24-42-135-112(94(69)124)39-38-106(2)3)146-150(131,132)140-60-77-73(147-148(127,128)138-58-74-70(115)47-79(141-74)109-54-67(33-26-41-134-111)89(119)104-96(109)125)50-82(144-77)110-55-68(90(120)105-97(110)126)34-27-44-136-113(93(64)123)51-62-28-20-19-21-29-62/h19-21,28-29,52-55,61,63-64,69-77,79-82,115H,4-18,22-23,30,35-51,56-60H2,1-3H3,(H,117,118)(H,127,128)(H,129,130)(H,131,132)(H2,98,100,101)(H,104,119,125)(H,105,120,126)(H3,99,102,103,121)/t63?,64?,69?,70-,71-,72-,73-,74-,75-,76-,77-,79-,80-,81-,82-/m0/s1. The lowest BCUT2D eigenvalue weighted by Gasteiger charge is -2.33. The van der Waals surface area contributed by atoms with E-state index in [0.717, 1.165) is 114 Å². The summed E-state index contributed by atoms with van der Waals surface area (Å²) in [6.45, 7) is -5.89. The summed E-state index contributed by atoms with van der Waals surface area (Å²) in [5.41, 5.74) is 7.43. The van der Waals surface area contributed by atoms with Crippen LogP contribution in [-0.2, 0) is 114 Å². The van der Waals surface area contributed by atoms with Crippen molar-refractivity contribution in [2.24, 2.45) is 17.8 Å². The Labute approximate surface area is 860 Å². The number of carboxylic acid groups (broad SMARTS) is 1. The van der Waals surface area contributed by atoms with Crippen LogP contribution in [0.25, 0.3) is 22.1 Å². The molecule has 4 fully saturated rings. The topological polar surface area (TPSA) is 636 Å². The van der Waals surface area contributed by atoms with Crippen molar-refractivity contribution in [3.63, 3.8) is 0 Å². The van der Waals surface area contributed by atoms with Crippen molar-refractivity contribution < 1.29 is 133 Å². The van der Waals surface area contributed by atoms with Gasteiger partial charge < -0.3 is 74.1 Å². The molecule has 6 aromatic heterocycles. The van der Waals surface area contributed by atoms with Crippen LogP contribution in [0.2, 0.25) is 0 Å². The summed E-state index contributed by atoms with van der Waals surface area (Å²) < 4.78 is 116. The molecular formula is C97H126N17O33P3. The summed E-state index contributed by atoms with van der Waals surface area (Å²) in [7, 11) is -13.4. The number of ether oxygens (including phenoxy) is 5. The number of carbonyl (C=O) groups excluding carboxylic acids is 4. The minimum absolute atomic E-state index is 0.00845. The van der Waals surface area contributed by atoms with Crippen molar-refractivity contribution in [2.75, 3.05) is 111 Å². The maximum absolute atomic E-state index is 16.9. The lowest BCUT2D eigenvalue weighted by atomic mass is 9.81. The molecule has 150 heavy (non-hydrogen) atoms. The maximum Gasteiger partial charge on any atom is 0.472 e. The third kappa shape index (κ3) is 30.4. The van der Waals surface area contributed by atoms with E-state index in [2.05, 4.69) is 77.3 Å². The number of phosphoric ester groups is 3. The Balaban J connectivity index is 0.923. The smallest absolute Gasteiger partial charge is 0.472 e. The van der Waals surface area contributed by atoms with E-state index in [4.69, 9.17) is 81.6 Å². The van der Waals surface area contributed by atoms with Crippen LogP contribution in [-0.4, -0.2) is 276 Å². The molecule has 18 atom stereocenters. The number of fused-ring (bicyclic) bond motifs is 31. The number of aromatic amines is 3. The number of likely N-dealkylation sites (N-methyl/N-ethyl adjacent to an activating group) is 1. The van der Waals surface area contributed by atoms with Crippen molar-refractivity contribution >= 4 is 86.9 Å². The number of nitrogens with two attached hydrogens (primary N) is 2. The van der Waals surface area contributed by atoms with Gasteiger partial charge in [-0.15, -0.1) is 0 Å². The number of anilines is 2. The minimum Gasteiger partial charge on any atom is -0.480 e. The van der Waals surface area contributed by atoms with Crippen molar-refractivity contribution in [1.82, 2.24) is 73.3 Å². The van der Waals surface area contributed by atoms with Crippen molar-refractivity contribution in [3.05, 3.63) is 141 Å². The third-order valence-electron chi connectivity index (χ3n) is 26.8. The second-order valence-corrected chi connectivity index (χ2v) is 42.2. The maximum atomic E-state index is 16.9. The number of H-pyrrole nitrogens is 3. The minimum atomic E-state index is -5.72. The van der Waals surface area contributed by atoms with Gasteiger partial charge in [-0.3, -0.25) is 109 Å². The van der Waals surface area contributed by atoms with Gasteiger partial charge in [-0.25, -0.2) is 53.5 Å². The second kappa shape index (κ2) is 52.8. The number of phosphoric acid groups is 3. The summed E-state index contributed by atoms with van der Waals surface area (Å²) in [5, 5.41) is 25.9. The monoisotopic (exact) mass is 2150 g/mol. The molecule has 0 spiro atoms. The van der Waals surface area contributed by atoms with Crippen molar-refractivity contribution in [2.45, 2.75) is 254 Å². The van der Waals surface area contributed by atoms with Gasteiger partial charge in [-0.1, -0.05) is 181 Å². The molecule has 0 aliphatic carbocycles. The number of nitrogens with one attached hydrogen (secondary N) is 3. The van der Waals surface area contributed by atoms with Gasteiger partial charge in [0.2, 0.25) is 29.6 Å². The summed E-state index contributed by atoms with van der Waals surface area (Å²) in [5.74, 6) is 12.3. The SMILES string of the molecule is CCCCN1OCC#Cc2cn(c(=O)[nH]c2=O)[C@@H]2C[C@H](O)[C@H](COP(=O)(O)O[C@H]3C[C@@H]4O[C@H]3COP(=O)(O)O[C@H]3C[C@@H]5O[C@H]3COP(=O)(O)O[C@H]3C[C@@H]6O[C@H]3COCCCCCCCCCCCCCCCCCC(CC(CC(CCC1=O)C(=O)N(Cc1ccccc1)OCC#Cc1cn4c(=O)[nH]c1=O)C(=O)N(CCN(C)C)OCC#Cc1cn5c3ncnc(N)c13)C(=O)N(CC(=O)O)OCC#Cc1cn6c3nc(N)[nH]c(=O)c13)O2. The number of hydrogen-bond donors (Lipinski definition) is 10. The zero-order chi connectivity index (χ0) is 106. The average molecular weight is 2150 g/mol. The number of hydroxylamine groups is 8. The van der Waals surface area contributed by atoms with Crippen LogP contribution in [0, 0.1) is 65.1 Å². The molecule has 22 bridgehead atoms. The van der Waals surface area contributed by atoms with Crippen molar-refractivity contribution in [1.29, 1.82) is 0 Å². The summed E-state index contributed by atoms with van der Waals surface area (Å²) in [4.78, 5) is 232. The number of aliphatic hydroxyl groups is 1. The van der Waals surface area contributed by atoms with E-state index in [0.29, 0.717) is 49.2 Å². The van der Waals surface area contributed by atoms with Crippen LogP contribution in [0.4, 0.5) is 11.8 Å². The zero-order valence-corrected chi connectivity index (χ0v) is 85.9. The van der Waals surface area contributed by atoms with E-state index < -0.39 is 282 Å². The molecule has 0 saturated carbocycles. The van der Waals surface area contributed by atoms with E-state index >= 15 is 28.3 Å². The Bertz CT molecular complexity index is 6690. The number of amides is 4. The Morgan fingerprint density at radius 3 is 1.47 bits per heavy atom. The lowest BCUT2D eigenvalue weighted by molar-refractivity contribution is -0.196. The van der Waals surface area contributed by atoms with Gasteiger partial charge >= 0.3 is 40.8 Å². The number of aliphatic hydroxyl groups excluding tert-OH is 1. The molecule has 50 nitrogen and oxygen atoms in total. The Kier molecular flexibility index (Phi) is 39.7. The van der Waals surface area contributed by atoms with E-state index in [-0.39, 0.29) is 96.2 Å². The first-order valence-corrected chi connectivity index (χ1v) is 54.8. The van der Waals surface area contributed by atoms with Crippen LogP contribution >= 0.6 is 23.5 Å². The molecule has 4 amide bonds. The van der Waals surface area contributed by atoms with Gasteiger partial charge in [-0.2, -0.15) is 4.98 Å². The molecule has 15 rings (SSSR count). The third-order valence-corrected chi connectivity index (χ3v) is 29.8. The van der Waals surface area contributed by atoms with E-state index in [9.17, 15) is 58.2 Å². The van der Waals surface area contributed by atoms with Gasteiger partial charge in [0.25, 0.3) is 16.7 Å². The van der Waals surface area contributed by atoms with E-state index in [1.54, 1.807) is 49.3 Å². The molecule has 7 aromatic rings. The highest BCUT2D eigenvalue weighted by Crippen LogP contribution is 2.55. The lowest BCUT2D eigenvalue weighted by Crippen LogP contribution is -2.45. The molecule has 53 heteroatoms. The number of aromatic nitrogens is 10. The molecule has 1 aromatic carbocycles. The fourth-order valence-electron chi connectivity index (χ4n) is 19.1. The Morgan fingerprint density at radius 1 is 0.480 bits per heavy atom. The molecule has 812 valence electrons.